The zero-order valence-electron chi connectivity index (χ0n) is 15.6. The van der Waals surface area contributed by atoms with Gasteiger partial charge in [-0.2, -0.15) is 4.98 Å². The number of hydrogen-bond acceptors (Lipinski definition) is 7. The van der Waals surface area contributed by atoms with E-state index in [9.17, 15) is 4.79 Å². The van der Waals surface area contributed by atoms with Crippen LogP contribution in [0.25, 0.3) is 22.7 Å². The molecule has 0 amide bonds. The molecule has 1 atom stereocenters. The van der Waals surface area contributed by atoms with Gasteiger partial charge in [0.1, 0.15) is 11.2 Å². The van der Waals surface area contributed by atoms with Crippen molar-refractivity contribution in [3.8, 4) is 17.4 Å². The quantitative estimate of drug-likeness (QED) is 0.501. The molecule has 0 aliphatic heterocycles. The highest BCUT2D eigenvalue weighted by Crippen LogP contribution is 2.26. The number of ether oxygens (including phenoxy) is 1. The molecule has 0 radical (unpaired) electrons. The summed E-state index contributed by atoms with van der Waals surface area (Å²) in [5.74, 6) is 1.39. The fourth-order valence-corrected chi connectivity index (χ4v) is 2.81. The Balaban J connectivity index is 2.18. The molecule has 3 aromatic rings. The van der Waals surface area contributed by atoms with Crippen molar-refractivity contribution >= 4 is 17.0 Å². The van der Waals surface area contributed by atoms with E-state index in [-0.39, 0.29) is 19.2 Å². The van der Waals surface area contributed by atoms with E-state index in [0.717, 1.165) is 0 Å². The average Bonchev–Trinajstić information content (AvgIpc) is 3.22. The van der Waals surface area contributed by atoms with Gasteiger partial charge in [0.15, 0.2) is 17.3 Å². The van der Waals surface area contributed by atoms with E-state index in [1.54, 1.807) is 31.0 Å². The minimum absolute atomic E-state index is 0.0356. The number of rotatable bonds is 8. The van der Waals surface area contributed by atoms with E-state index in [4.69, 9.17) is 9.84 Å². The van der Waals surface area contributed by atoms with Crippen molar-refractivity contribution in [1.82, 2.24) is 29.3 Å². The van der Waals surface area contributed by atoms with Crippen LogP contribution in [0.15, 0.2) is 23.5 Å². The summed E-state index contributed by atoms with van der Waals surface area (Å²) in [6.45, 7) is 5.92. The van der Waals surface area contributed by atoms with Crippen LogP contribution in [0.4, 0.5) is 5.82 Å². The maximum atomic E-state index is 12.5. The molecule has 0 saturated carbocycles. The molecule has 0 aliphatic carbocycles. The Morgan fingerprint density at radius 3 is 2.89 bits per heavy atom. The number of aromatic amines is 1. The van der Waals surface area contributed by atoms with Gasteiger partial charge in [-0.3, -0.25) is 9.25 Å². The number of anilines is 1. The lowest BCUT2D eigenvalue weighted by atomic mass is 10.2. The summed E-state index contributed by atoms with van der Waals surface area (Å²) in [7, 11) is 3.32. The van der Waals surface area contributed by atoms with E-state index in [2.05, 4.69) is 31.9 Å². The van der Waals surface area contributed by atoms with E-state index >= 15 is 0 Å². The van der Waals surface area contributed by atoms with Crippen LogP contribution in [0.5, 0.6) is 5.88 Å². The molecule has 0 spiro atoms. The molecule has 27 heavy (non-hydrogen) atoms. The first-order valence-electron chi connectivity index (χ1n) is 8.55. The van der Waals surface area contributed by atoms with Crippen molar-refractivity contribution in [2.24, 2.45) is 7.05 Å². The summed E-state index contributed by atoms with van der Waals surface area (Å²) in [6, 6.07) is 1.69. The normalized spacial score (nSPS) is 12.3. The number of imidazole rings is 1. The van der Waals surface area contributed by atoms with Gasteiger partial charge in [-0.1, -0.05) is 6.08 Å². The van der Waals surface area contributed by atoms with Crippen molar-refractivity contribution in [2.45, 2.75) is 25.9 Å². The molecule has 0 aliphatic rings. The van der Waals surface area contributed by atoms with E-state index < -0.39 is 5.69 Å². The van der Waals surface area contributed by atoms with E-state index in [1.807, 2.05) is 6.92 Å². The summed E-state index contributed by atoms with van der Waals surface area (Å²) >= 11 is 0. The molecule has 0 saturated heterocycles. The lowest BCUT2D eigenvalue weighted by molar-refractivity contribution is 0.282. The Morgan fingerprint density at radius 1 is 1.48 bits per heavy atom. The number of nitrogens with zero attached hydrogens (tertiary/aromatic N) is 5. The second-order valence-corrected chi connectivity index (χ2v) is 6.18. The van der Waals surface area contributed by atoms with Crippen molar-refractivity contribution in [3.63, 3.8) is 0 Å². The van der Waals surface area contributed by atoms with E-state index in [0.29, 0.717) is 40.8 Å². The zero-order valence-corrected chi connectivity index (χ0v) is 15.6. The zero-order chi connectivity index (χ0) is 19.6. The van der Waals surface area contributed by atoms with Crippen LogP contribution in [0.2, 0.25) is 0 Å². The van der Waals surface area contributed by atoms with Crippen LogP contribution in [-0.4, -0.2) is 54.2 Å². The second-order valence-electron chi connectivity index (χ2n) is 6.18. The second kappa shape index (κ2) is 7.62. The van der Waals surface area contributed by atoms with Crippen molar-refractivity contribution in [1.29, 1.82) is 0 Å². The maximum absolute atomic E-state index is 12.5. The highest BCUT2D eigenvalue weighted by molar-refractivity contribution is 5.85. The fourth-order valence-electron chi connectivity index (χ4n) is 2.81. The van der Waals surface area contributed by atoms with Gasteiger partial charge in [0.25, 0.3) is 0 Å². The van der Waals surface area contributed by atoms with Crippen LogP contribution < -0.4 is 15.7 Å². The SMILES string of the molecule is C=CCn1c(=O)nc(N[C@H](C)CCO)c2[nH]c(-c3cc(OC)nn3C)nc21. The summed E-state index contributed by atoms with van der Waals surface area (Å²) in [5, 5.41) is 16.5. The van der Waals surface area contributed by atoms with Gasteiger partial charge in [0.05, 0.1) is 7.11 Å². The summed E-state index contributed by atoms with van der Waals surface area (Å²) in [5.41, 5.74) is 1.33. The monoisotopic (exact) mass is 373 g/mol. The lowest BCUT2D eigenvalue weighted by Crippen LogP contribution is -2.26. The fraction of sp³-hybridized carbons (Fsp3) is 0.412. The molecular formula is C17H23N7O3. The third kappa shape index (κ3) is 3.56. The molecule has 3 N–H and O–H groups in total. The van der Waals surface area contributed by atoms with Gasteiger partial charge in [0.2, 0.25) is 5.88 Å². The number of hydrogen-bond donors (Lipinski definition) is 3. The number of fused-ring (bicyclic) bond motifs is 1. The number of nitrogens with one attached hydrogen (secondary N) is 2. The first-order valence-corrected chi connectivity index (χ1v) is 8.55. The molecule has 10 nitrogen and oxygen atoms in total. The van der Waals surface area contributed by atoms with Crippen LogP contribution in [0.3, 0.4) is 0 Å². The van der Waals surface area contributed by atoms with E-state index in [1.165, 1.54) is 4.57 Å². The molecule has 0 bridgehead atoms. The molecule has 3 rings (SSSR count). The third-order valence-corrected chi connectivity index (χ3v) is 4.18. The topological polar surface area (TPSA) is 123 Å². The van der Waals surface area contributed by atoms with Crippen molar-refractivity contribution < 1.29 is 9.84 Å². The van der Waals surface area contributed by atoms with Gasteiger partial charge in [-0.05, 0) is 13.3 Å². The molecule has 0 aromatic carbocycles. The highest BCUT2D eigenvalue weighted by atomic mass is 16.5. The molecule has 0 unspecified atom stereocenters. The van der Waals surface area contributed by atoms with Crippen LogP contribution in [0, 0.1) is 0 Å². The summed E-state index contributed by atoms with van der Waals surface area (Å²) < 4.78 is 8.25. The van der Waals surface area contributed by atoms with Gasteiger partial charge >= 0.3 is 5.69 Å². The van der Waals surface area contributed by atoms with Gasteiger partial charge in [0, 0.05) is 32.3 Å². The van der Waals surface area contributed by atoms with Crippen LogP contribution in [-0.2, 0) is 13.6 Å². The van der Waals surface area contributed by atoms with Gasteiger partial charge in [-0.25, -0.2) is 9.78 Å². The Morgan fingerprint density at radius 2 is 2.26 bits per heavy atom. The molecule has 3 aromatic heterocycles. The van der Waals surface area contributed by atoms with Gasteiger partial charge in [-0.15, -0.1) is 11.7 Å². The largest absolute Gasteiger partial charge is 0.480 e. The minimum atomic E-state index is -0.429. The number of aliphatic hydroxyl groups is 1. The number of allylic oxidation sites excluding steroid dienone is 1. The predicted octanol–water partition coefficient (Wildman–Crippen LogP) is 0.898. The number of aromatic nitrogens is 6. The van der Waals surface area contributed by atoms with Gasteiger partial charge < -0.3 is 20.1 Å². The Kier molecular flexibility index (Phi) is 5.26. The third-order valence-electron chi connectivity index (χ3n) is 4.18. The van der Waals surface area contributed by atoms with Crippen LogP contribution in [0.1, 0.15) is 13.3 Å². The average molecular weight is 373 g/mol. The standard InChI is InChI=1S/C17H23N7O3/c1-5-7-24-16-13(15(21-17(24)26)18-10(2)6-8-25)19-14(20-16)11-9-12(27-4)22-23(11)3/h5,9-10,25H,1,6-8H2,2-4H3,(H,19,20)(H,18,21,26)/t10-/m1/s1. The summed E-state index contributed by atoms with van der Waals surface area (Å²) in [6.07, 6.45) is 2.14. The maximum Gasteiger partial charge on any atom is 0.351 e. The number of H-pyrrole nitrogens is 1. The smallest absolute Gasteiger partial charge is 0.351 e. The first kappa shape index (κ1) is 18.6. The Hall–Kier alpha value is -3.14. The predicted molar refractivity (Wildman–Crippen MR) is 102 cm³/mol. The van der Waals surface area contributed by atoms with Crippen molar-refractivity contribution in [2.75, 3.05) is 19.0 Å². The molecule has 144 valence electrons. The minimum Gasteiger partial charge on any atom is -0.480 e. The Bertz CT molecular complexity index is 1020. The number of methoxy groups -OCH3 is 1. The van der Waals surface area contributed by atoms with Crippen LogP contribution >= 0.6 is 0 Å². The molecule has 0 fully saturated rings. The molecule has 3 heterocycles. The Labute approximate surface area is 155 Å². The number of aryl methyl sites for hydroxylation is 1. The molecule has 10 heteroatoms. The highest BCUT2D eigenvalue weighted by Gasteiger charge is 2.19. The molecular weight excluding hydrogens is 350 g/mol. The summed E-state index contributed by atoms with van der Waals surface area (Å²) in [4.78, 5) is 24.4. The lowest BCUT2D eigenvalue weighted by Gasteiger charge is -2.14. The first-order chi connectivity index (χ1) is 13.0. The van der Waals surface area contributed by atoms with Crippen molar-refractivity contribution in [3.05, 3.63) is 29.2 Å². The number of aliphatic hydroxyl groups excluding tert-OH is 1.